The molecule has 18 heavy (non-hydrogen) atoms. The van der Waals surface area contributed by atoms with Crippen LogP contribution in [0.5, 0.6) is 0 Å². The summed E-state index contributed by atoms with van der Waals surface area (Å²) >= 11 is 0. The first kappa shape index (κ1) is 17.8. The van der Waals surface area contributed by atoms with E-state index in [-0.39, 0.29) is 25.0 Å². The third kappa shape index (κ3) is 8.84. The Labute approximate surface area is 110 Å². The molecule has 0 heterocycles. The Bertz CT molecular complexity index is 383. The van der Waals surface area contributed by atoms with Crippen molar-refractivity contribution < 1.29 is 25.2 Å². The van der Waals surface area contributed by atoms with E-state index in [1.807, 2.05) is 13.8 Å². The molecule has 0 N–H and O–H groups in total. The first-order valence-corrected chi connectivity index (χ1v) is 9.41. The van der Waals surface area contributed by atoms with Crippen molar-refractivity contribution in [1.29, 1.82) is 0 Å². The van der Waals surface area contributed by atoms with Crippen LogP contribution in [0.1, 0.15) is 26.7 Å². The molecule has 0 aliphatic carbocycles. The van der Waals surface area contributed by atoms with Crippen LogP contribution in [0.4, 0.5) is 0 Å². The van der Waals surface area contributed by atoms with Gasteiger partial charge in [-0.1, -0.05) is 26.7 Å². The van der Waals surface area contributed by atoms with E-state index in [2.05, 4.69) is 0 Å². The second-order valence-electron chi connectivity index (χ2n) is 4.31. The quantitative estimate of drug-likeness (QED) is 0.590. The normalized spacial score (nSPS) is 16.4. The van der Waals surface area contributed by atoms with Gasteiger partial charge >= 0.3 is 0 Å². The van der Waals surface area contributed by atoms with Crippen molar-refractivity contribution >= 4 is 20.2 Å². The summed E-state index contributed by atoms with van der Waals surface area (Å²) in [6.45, 7) is 3.92. The van der Waals surface area contributed by atoms with Gasteiger partial charge in [0.05, 0.1) is 25.7 Å². The number of hydrogen-bond acceptors (Lipinski definition) is 6. The maximum absolute atomic E-state index is 10.9. The standard InChI is InChI=1S/C10H22O6S2/c1-5-9(7-15-17(3,11)12)10(6-2)8-16-18(4,13)14/h9-10H,5-8H2,1-4H3/t9-,10-/m0/s1. The van der Waals surface area contributed by atoms with E-state index < -0.39 is 20.2 Å². The smallest absolute Gasteiger partial charge is 0.264 e. The predicted molar refractivity (Wildman–Crippen MR) is 69.2 cm³/mol. The molecule has 0 bridgehead atoms. The van der Waals surface area contributed by atoms with E-state index in [1.165, 1.54) is 0 Å². The summed E-state index contributed by atoms with van der Waals surface area (Å²) in [5, 5.41) is 0. The monoisotopic (exact) mass is 302 g/mol. The Balaban J connectivity index is 4.48. The molecule has 0 fully saturated rings. The van der Waals surface area contributed by atoms with Crippen LogP contribution in [0, 0.1) is 11.8 Å². The summed E-state index contributed by atoms with van der Waals surface area (Å²) in [7, 11) is -6.95. The summed E-state index contributed by atoms with van der Waals surface area (Å²) in [4.78, 5) is 0. The van der Waals surface area contributed by atoms with Crippen LogP contribution in [-0.2, 0) is 28.6 Å². The summed E-state index contributed by atoms with van der Waals surface area (Å²) in [6.07, 6.45) is 3.38. The Kier molecular flexibility index (Phi) is 7.34. The maximum Gasteiger partial charge on any atom is 0.264 e. The van der Waals surface area contributed by atoms with Crippen LogP contribution >= 0.6 is 0 Å². The van der Waals surface area contributed by atoms with Crippen molar-refractivity contribution in [3.05, 3.63) is 0 Å². The largest absolute Gasteiger partial charge is 0.270 e. The highest BCUT2D eigenvalue weighted by Gasteiger charge is 2.22. The predicted octanol–water partition coefficient (Wildman–Crippen LogP) is 0.991. The molecular formula is C10H22O6S2. The molecule has 0 aromatic heterocycles. The van der Waals surface area contributed by atoms with Gasteiger partial charge in [-0.05, 0) is 11.8 Å². The van der Waals surface area contributed by atoms with Crippen molar-refractivity contribution in [3.63, 3.8) is 0 Å². The molecule has 0 amide bonds. The average molecular weight is 302 g/mol. The molecule has 0 rings (SSSR count). The zero-order valence-corrected chi connectivity index (χ0v) is 12.9. The molecule has 0 radical (unpaired) electrons. The fourth-order valence-electron chi connectivity index (χ4n) is 1.60. The number of rotatable bonds is 9. The van der Waals surface area contributed by atoms with Crippen molar-refractivity contribution in [2.75, 3.05) is 25.7 Å². The van der Waals surface area contributed by atoms with Gasteiger partial charge in [0.15, 0.2) is 0 Å². The van der Waals surface area contributed by atoms with Crippen LogP contribution in [0.3, 0.4) is 0 Å². The van der Waals surface area contributed by atoms with Crippen LogP contribution in [0.25, 0.3) is 0 Å². The van der Waals surface area contributed by atoms with Gasteiger partial charge < -0.3 is 0 Å². The highest BCUT2D eigenvalue weighted by atomic mass is 32.2. The SMILES string of the molecule is CC[C@@H](COS(C)(=O)=O)[C@@H](CC)COS(C)(=O)=O. The lowest BCUT2D eigenvalue weighted by molar-refractivity contribution is 0.142. The van der Waals surface area contributed by atoms with E-state index in [1.54, 1.807) is 0 Å². The van der Waals surface area contributed by atoms with Crippen LogP contribution in [0.2, 0.25) is 0 Å². The maximum atomic E-state index is 10.9. The van der Waals surface area contributed by atoms with E-state index in [9.17, 15) is 16.8 Å². The summed E-state index contributed by atoms with van der Waals surface area (Å²) in [5.74, 6) is -0.0991. The van der Waals surface area contributed by atoms with Gasteiger partial charge in [-0.15, -0.1) is 0 Å². The third-order valence-electron chi connectivity index (χ3n) is 2.71. The first-order chi connectivity index (χ1) is 8.09. The van der Waals surface area contributed by atoms with Crippen LogP contribution in [-0.4, -0.2) is 42.6 Å². The molecule has 0 unspecified atom stereocenters. The summed E-state index contributed by atoms with van der Waals surface area (Å²) in [5.41, 5.74) is 0. The Morgan fingerprint density at radius 3 is 1.22 bits per heavy atom. The molecule has 2 atom stereocenters. The van der Waals surface area contributed by atoms with Gasteiger partial charge in [-0.25, -0.2) is 0 Å². The van der Waals surface area contributed by atoms with Crippen LogP contribution < -0.4 is 0 Å². The zero-order valence-electron chi connectivity index (χ0n) is 11.2. The van der Waals surface area contributed by atoms with E-state index >= 15 is 0 Å². The van der Waals surface area contributed by atoms with E-state index in [0.717, 1.165) is 12.5 Å². The van der Waals surface area contributed by atoms with Gasteiger partial charge in [0.1, 0.15) is 0 Å². The van der Waals surface area contributed by atoms with Gasteiger partial charge in [0.2, 0.25) is 0 Å². The van der Waals surface area contributed by atoms with Crippen LogP contribution in [0.15, 0.2) is 0 Å². The average Bonchev–Trinajstić information content (AvgIpc) is 2.20. The van der Waals surface area contributed by atoms with E-state index in [4.69, 9.17) is 8.37 Å². The second-order valence-corrected chi connectivity index (χ2v) is 7.60. The van der Waals surface area contributed by atoms with Crippen molar-refractivity contribution in [2.45, 2.75) is 26.7 Å². The second kappa shape index (κ2) is 7.42. The molecular weight excluding hydrogens is 280 g/mol. The minimum Gasteiger partial charge on any atom is -0.270 e. The van der Waals surface area contributed by atoms with Gasteiger partial charge in [0, 0.05) is 0 Å². The van der Waals surface area contributed by atoms with Gasteiger partial charge in [-0.3, -0.25) is 8.37 Å². The molecule has 110 valence electrons. The topological polar surface area (TPSA) is 86.7 Å². The highest BCUT2D eigenvalue weighted by Crippen LogP contribution is 2.21. The third-order valence-corrected chi connectivity index (χ3v) is 3.84. The summed E-state index contributed by atoms with van der Waals surface area (Å²) < 4.78 is 53.2. The Hall–Kier alpha value is -0.180. The van der Waals surface area contributed by atoms with Crippen molar-refractivity contribution in [3.8, 4) is 0 Å². The van der Waals surface area contributed by atoms with E-state index in [0.29, 0.717) is 12.8 Å². The minimum absolute atomic E-state index is 0.0496. The van der Waals surface area contributed by atoms with Gasteiger partial charge in [0.25, 0.3) is 20.2 Å². The fraction of sp³-hybridized carbons (Fsp3) is 1.00. The molecule has 0 saturated heterocycles. The lowest BCUT2D eigenvalue weighted by atomic mass is 9.89. The van der Waals surface area contributed by atoms with Gasteiger partial charge in [-0.2, -0.15) is 16.8 Å². The lowest BCUT2D eigenvalue weighted by Crippen LogP contribution is -2.25. The van der Waals surface area contributed by atoms with Crippen molar-refractivity contribution in [2.24, 2.45) is 11.8 Å². The molecule has 0 aromatic carbocycles. The molecule has 0 saturated carbocycles. The molecule has 0 aromatic rings. The molecule has 0 aliphatic heterocycles. The molecule has 0 aliphatic rings. The first-order valence-electron chi connectivity index (χ1n) is 5.77. The fourth-order valence-corrected chi connectivity index (χ4v) is 2.44. The summed E-state index contributed by atoms with van der Waals surface area (Å²) in [6, 6.07) is 0. The van der Waals surface area contributed by atoms with Crippen molar-refractivity contribution in [1.82, 2.24) is 0 Å². The highest BCUT2D eigenvalue weighted by molar-refractivity contribution is 7.86. The molecule has 0 spiro atoms. The molecule has 8 heteroatoms. The zero-order chi connectivity index (χ0) is 14.4. The minimum atomic E-state index is -3.47. The Morgan fingerprint density at radius 1 is 0.778 bits per heavy atom. The molecule has 6 nitrogen and oxygen atoms in total. The lowest BCUT2D eigenvalue weighted by Gasteiger charge is -2.23. The Morgan fingerprint density at radius 2 is 1.06 bits per heavy atom. The number of hydrogen-bond donors (Lipinski definition) is 0.